The molecule has 1 fully saturated rings. The SMILES string of the molecule is Oc1cc(C2CCCN2)ccc1Br. The summed E-state index contributed by atoms with van der Waals surface area (Å²) < 4.78 is 0.759. The molecule has 1 aliphatic rings. The first-order valence-electron chi connectivity index (χ1n) is 4.49. The Bertz CT molecular complexity index is 308. The van der Waals surface area contributed by atoms with E-state index in [1.165, 1.54) is 18.4 Å². The van der Waals surface area contributed by atoms with E-state index in [0.29, 0.717) is 11.8 Å². The van der Waals surface area contributed by atoms with Crippen molar-refractivity contribution in [3.63, 3.8) is 0 Å². The van der Waals surface area contributed by atoms with Crippen LogP contribution in [0.3, 0.4) is 0 Å². The van der Waals surface area contributed by atoms with E-state index in [-0.39, 0.29) is 0 Å². The van der Waals surface area contributed by atoms with Crippen LogP contribution >= 0.6 is 15.9 Å². The van der Waals surface area contributed by atoms with Gasteiger partial charge in [-0.2, -0.15) is 0 Å². The highest BCUT2D eigenvalue weighted by Crippen LogP contribution is 2.30. The van der Waals surface area contributed by atoms with Crippen molar-refractivity contribution < 1.29 is 5.11 Å². The summed E-state index contributed by atoms with van der Waals surface area (Å²) >= 11 is 3.27. The molecule has 0 bridgehead atoms. The monoisotopic (exact) mass is 241 g/mol. The van der Waals surface area contributed by atoms with Crippen molar-refractivity contribution >= 4 is 15.9 Å². The molecule has 2 rings (SSSR count). The predicted molar refractivity (Wildman–Crippen MR) is 55.8 cm³/mol. The van der Waals surface area contributed by atoms with Crippen LogP contribution in [0.25, 0.3) is 0 Å². The second-order valence-electron chi connectivity index (χ2n) is 3.36. The summed E-state index contributed by atoms with van der Waals surface area (Å²) in [6, 6.07) is 6.20. The highest BCUT2D eigenvalue weighted by molar-refractivity contribution is 9.10. The summed E-state index contributed by atoms with van der Waals surface area (Å²) in [5.41, 5.74) is 1.18. The van der Waals surface area contributed by atoms with E-state index in [0.717, 1.165) is 11.0 Å². The Balaban J connectivity index is 2.25. The van der Waals surface area contributed by atoms with Crippen LogP contribution in [0, 0.1) is 0 Å². The van der Waals surface area contributed by atoms with Crippen LogP contribution in [-0.2, 0) is 0 Å². The molecule has 1 saturated heterocycles. The van der Waals surface area contributed by atoms with Gasteiger partial charge in [-0.25, -0.2) is 0 Å². The van der Waals surface area contributed by atoms with Gasteiger partial charge < -0.3 is 10.4 Å². The number of hydrogen-bond acceptors (Lipinski definition) is 2. The fourth-order valence-corrected chi connectivity index (χ4v) is 1.96. The first kappa shape index (κ1) is 9.03. The van der Waals surface area contributed by atoms with Gasteiger partial charge in [0.05, 0.1) is 4.47 Å². The zero-order valence-electron chi connectivity index (χ0n) is 7.26. The fourth-order valence-electron chi connectivity index (χ4n) is 1.72. The third kappa shape index (κ3) is 1.86. The van der Waals surface area contributed by atoms with Gasteiger partial charge in [-0.15, -0.1) is 0 Å². The Morgan fingerprint density at radius 3 is 2.92 bits per heavy atom. The number of aromatic hydroxyl groups is 1. The van der Waals surface area contributed by atoms with Crippen LogP contribution in [0.1, 0.15) is 24.4 Å². The highest BCUT2D eigenvalue weighted by Gasteiger charge is 2.16. The van der Waals surface area contributed by atoms with Gasteiger partial charge >= 0.3 is 0 Å². The minimum atomic E-state index is 0.325. The Morgan fingerprint density at radius 1 is 1.46 bits per heavy atom. The fraction of sp³-hybridized carbons (Fsp3) is 0.400. The Morgan fingerprint density at radius 2 is 2.31 bits per heavy atom. The van der Waals surface area contributed by atoms with Gasteiger partial charge in [0.25, 0.3) is 0 Å². The molecule has 0 aliphatic carbocycles. The molecule has 2 N–H and O–H groups in total. The maximum atomic E-state index is 9.49. The molecule has 1 aliphatic heterocycles. The number of hydrogen-bond donors (Lipinski definition) is 2. The van der Waals surface area contributed by atoms with E-state index in [9.17, 15) is 5.11 Å². The molecule has 13 heavy (non-hydrogen) atoms. The lowest BCUT2D eigenvalue weighted by molar-refractivity contribution is 0.469. The maximum absolute atomic E-state index is 9.49. The van der Waals surface area contributed by atoms with Gasteiger partial charge in [-0.1, -0.05) is 6.07 Å². The summed E-state index contributed by atoms with van der Waals surface area (Å²) in [4.78, 5) is 0. The van der Waals surface area contributed by atoms with Crippen LogP contribution in [0.5, 0.6) is 5.75 Å². The van der Waals surface area contributed by atoms with Gasteiger partial charge in [-0.3, -0.25) is 0 Å². The molecule has 1 aromatic carbocycles. The summed E-state index contributed by atoms with van der Waals surface area (Å²) in [6.45, 7) is 1.08. The molecule has 2 nitrogen and oxygen atoms in total. The Hall–Kier alpha value is -0.540. The number of nitrogens with one attached hydrogen (secondary N) is 1. The van der Waals surface area contributed by atoms with Crippen LogP contribution in [0.2, 0.25) is 0 Å². The summed E-state index contributed by atoms with van der Waals surface area (Å²) in [7, 11) is 0. The molecule has 0 aromatic heterocycles. The first-order chi connectivity index (χ1) is 6.27. The first-order valence-corrected chi connectivity index (χ1v) is 5.28. The molecule has 3 heteroatoms. The molecule has 1 atom stereocenters. The van der Waals surface area contributed by atoms with E-state index >= 15 is 0 Å². The van der Waals surface area contributed by atoms with E-state index in [1.807, 2.05) is 18.2 Å². The topological polar surface area (TPSA) is 32.3 Å². The molecule has 0 radical (unpaired) electrons. The molecule has 1 unspecified atom stereocenters. The highest BCUT2D eigenvalue weighted by atomic mass is 79.9. The van der Waals surface area contributed by atoms with Crippen LogP contribution < -0.4 is 5.32 Å². The second-order valence-corrected chi connectivity index (χ2v) is 4.21. The second kappa shape index (κ2) is 3.68. The largest absolute Gasteiger partial charge is 0.507 e. The van der Waals surface area contributed by atoms with Crippen molar-refractivity contribution in [1.82, 2.24) is 5.32 Å². The lowest BCUT2D eigenvalue weighted by Gasteiger charge is -2.10. The van der Waals surface area contributed by atoms with E-state index in [1.54, 1.807) is 0 Å². The van der Waals surface area contributed by atoms with Crippen molar-refractivity contribution in [2.75, 3.05) is 6.54 Å². The van der Waals surface area contributed by atoms with Gasteiger partial charge in [0.15, 0.2) is 0 Å². The predicted octanol–water partition coefficient (Wildman–Crippen LogP) is 2.58. The van der Waals surface area contributed by atoms with Crippen LogP contribution in [0.4, 0.5) is 0 Å². The normalized spacial score (nSPS) is 22.1. The average molecular weight is 242 g/mol. The maximum Gasteiger partial charge on any atom is 0.130 e. The minimum Gasteiger partial charge on any atom is -0.507 e. The zero-order chi connectivity index (χ0) is 9.26. The molecule has 1 heterocycles. The third-order valence-electron chi connectivity index (χ3n) is 2.43. The molecule has 0 amide bonds. The average Bonchev–Trinajstić information content (AvgIpc) is 2.62. The number of benzene rings is 1. The van der Waals surface area contributed by atoms with Crippen molar-refractivity contribution in [1.29, 1.82) is 0 Å². The van der Waals surface area contributed by atoms with Gasteiger partial charge in [0.1, 0.15) is 5.75 Å². The number of halogens is 1. The summed E-state index contributed by atoms with van der Waals surface area (Å²) in [5.74, 6) is 0.325. The number of phenols is 1. The molecule has 0 spiro atoms. The standard InChI is InChI=1S/C10H12BrNO/c11-8-4-3-7(6-10(8)13)9-2-1-5-12-9/h3-4,6,9,12-13H,1-2,5H2. The summed E-state index contributed by atoms with van der Waals surface area (Å²) in [6.07, 6.45) is 2.39. The third-order valence-corrected chi connectivity index (χ3v) is 3.10. The zero-order valence-corrected chi connectivity index (χ0v) is 8.84. The van der Waals surface area contributed by atoms with Crippen molar-refractivity contribution in [2.24, 2.45) is 0 Å². The lowest BCUT2D eigenvalue weighted by Crippen LogP contribution is -2.12. The Kier molecular flexibility index (Phi) is 2.56. The molecule has 1 aromatic rings. The van der Waals surface area contributed by atoms with Crippen molar-refractivity contribution in [3.05, 3.63) is 28.2 Å². The smallest absolute Gasteiger partial charge is 0.130 e. The number of phenolic OH excluding ortho intramolecular Hbond substituents is 1. The minimum absolute atomic E-state index is 0.325. The summed E-state index contributed by atoms with van der Waals surface area (Å²) in [5, 5.41) is 12.9. The van der Waals surface area contributed by atoms with Crippen LogP contribution in [-0.4, -0.2) is 11.7 Å². The van der Waals surface area contributed by atoms with Crippen molar-refractivity contribution in [3.8, 4) is 5.75 Å². The molecular weight excluding hydrogens is 230 g/mol. The van der Waals surface area contributed by atoms with E-state index < -0.39 is 0 Å². The van der Waals surface area contributed by atoms with E-state index in [2.05, 4.69) is 21.2 Å². The molecule has 0 saturated carbocycles. The van der Waals surface area contributed by atoms with Gasteiger partial charge in [0, 0.05) is 6.04 Å². The van der Waals surface area contributed by atoms with E-state index in [4.69, 9.17) is 0 Å². The molecular formula is C10H12BrNO. The van der Waals surface area contributed by atoms with Crippen molar-refractivity contribution in [2.45, 2.75) is 18.9 Å². The van der Waals surface area contributed by atoms with Gasteiger partial charge in [-0.05, 0) is 53.0 Å². The Labute approximate surface area is 86.1 Å². The van der Waals surface area contributed by atoms with Crippen LogP contribution in [0.15, 0.2) is 22.7 Å². The number of rotatable bonds is 1. The molecule has 70 valence electrons. The lowest BCUT2D eigenvalue weighted by atomic mass is 10.1. The quantitative estimate of drug-likeness (QED) is 0.793. The van der Waals surface area contributed by atoms with Gasteiger partial charge in [0.2, 0.25) is 0 Å².